The zero-order valence-electron chi connectivity index (χ0n) is 14.1. The Balaban J connectivity index is 2.51. The summed E-state index contributed by atoms with van der Waals surface area (Å²) < 4.78 is 46.4. The predicted molar refractivity (Wildman–Crippen MR) is 80.8 cm³/mol. The van der Waals surface area contributed by atoms with Gasteiger partial charge in [-0.3, -0.25) is 9.53 Å². The van der Waals surface area contributed by atoms with Crippen LogP contribution in [-0.4, -0.2) is 37.6 Å². The minimum Gasteiger partial charge on any atom is -0.376 e. The number of halogens is 3. The SMILES string of the molecule is CC(C)C(=O)NC(COC(F)(F)F)C(C)OCC1CCCCC1. The quantitative estimate of drug-likeness (QED) is 0.734. The van der Waals surface area contributed by atoms with Crippen molar-refractivity contribution >= 4 is 5.91 Å². The average molecular weight is 339 g/mol. The van der Waals surface area contributed by atoms with Gasteiger partial charge in [-0.1, -0.05) is 33.1 Å². The van der Waals surface area contributed by atoms with Crippen LogP contribution in [0.5, 0.6) is 0 Å². The molecule has 1 rings (SSSR count). The third kappa shape index (κ3) is 8.55. The molecule has 1 aliphatic carbocycles. The van der Waals surface area contributed by atoms with Crippen LogP contribution in [0.25, 0.3) is 0 Å². The van der Waals surface area contributed by atoms with E-state index in [4.69, 9.17) is 4.74 Å². The number of amides is 1. The van der Waals surface area contributed by atoms with Crippen molar-refractivity contribution in [2.75, 3.05) is 13.2 Å². The summed E-state index contributed by atoms with van der Waals surface area (Å²) in [5.41, 5.74) is 0. The third-order valence-corrected chi connectivity index (χ3v) is 4.16. The summed E-state index contributed by atoms with van der Waals surface area (Å²) in [6.45, 7) is 4.91. The van der Waals surface area contributed by atoms with Crippen molar-refractivity contribution in [3.05, 3.63) is 0 Å². The molecule has 1 aliphatic rings. The van der Waals surface area contributed by atoms with Gasteiger partial charge in [-0.15, -0.1) is 13.2 Å². The van der Waals surface area contributed by atoms with E-state index in [1.165, 1.54) is 19.3 Å². The highest BCUT2D eigenvalue weighted by Crippen LogP contribution is 2.24. The van der Waals surface area contributed by atoms with Gasteiger partial charge in [0.25, 0.3) is 0 Å². The maximum Gasteiger partial charge on any atom is 0.522 e. The standard InChI is InChI=1S/C16H28F3NO3/c1-11(2)15(21)20-14(10-23-16(17,18)19)12(3)22-9-13-7-5-4-6-8-13/h11-14H,4-10H2,1-3H3,(H,20,21). The minimum absolute atomic E-state index is 0.311. The molecule has 1 amide bonds. The molecule has 1 N–H and O–H groups in total. The Morgan fingerprint density at radius 2 is 1.78 bits per heavy atom. The van der Waals surface area contributed by atoms with Crippen LogP contribution in [0, 0.1) is 11.8 Å². The molecule has 7 heteroatoms. The number of hydrogen-bond acceptors (Lipinski definition) is 3. The summed E-state index contributed by atoms with van der Waals surface area (Å²) in [6.07, 6.45) is 0.508. The highest BCUT2D eigenvalue weighted by Gasteiger charge is 2.33. The van der Waals surface area contributed by atoms with Crippen molar-refractivity contribution in [3.63, 3.8) is 0 Å². The molecule has 0 aliphatic heterocycles. The van der Waals surface area contributed by atoms with Crippen LogP contribution in [0.3, 0.4) is 0 Å². The van der Waals surface area contributed by atoms with Gasteiger partial charge in [0.1, 0.15) is 0 Å². The molecule has 4 nitrogen and oxygen atoms in total. The number of hydrogen-bond donors (Lipinski definition) is 1. The molecule has 0 aromatic rings. The van der Waals surface area contributed by atoms with Gasteiger partial charge >= 0.3 is 6.36 Å². The summed E-state index contributed by atoms with van der Waals surface area (Å²) in [6, 6.07) is -0.824. The highest BCUT2D eigenvalue weighted by molar-refractivity contribution is 5.78. The first-order chi connectivity index (χ1) is 10.7. The van der Waals surface area contributed by atoms with Crippen molar-refractivity contribution in [2.24, 2.45) is 11.8 Å². The molecule has 0 bridgehead atoms. The van der Waals surface area contributed by atoms with E-state index < -0.39 is 25.1 Å². The zero-order chi connectivity index (χ0) is 17.5. The van der Waals surface area contributed by atoms with E-state index in [2.05, 4.69) is 10.1 Å². The van der Waals surface area contributed by atoms with Gasteiger partial charge < -0.3 is 10.1 Å². The molecule has 2 atom stereocenters. The third-order valence-electron chi connectivity index (χ3n) is 4.16. The first-order valence-corrected chi connectivity index (χ1v) is 8.31. The molecule has 1 saturated carbocycles. The lowest BCUT2D eigenvalue weighted by Gasteiger charge is -2.29. The molecule has 0 heterocycles. The fourth-order valence-electron chi connectivity index (χ4n) is 2.59. The van der Waals surface area contributed by atoms with E-state index in [-0.39, 0.29) is 11.8 Å². The lowest BCUT2D eigenvalue weighted by atomic mass is 9.90. The normalized spacial score (nSPS) is 19.6. The first-order valence-electron chi connectivity index (χ1n) is 8.31. The molecule has 23 heavy (non-hydrogen) atoms. The van der Waals surface area contributed by atoms with Gasteiger partial charge in [0.15, 0.2) is 0 Å². The second-order valence-electron chi connectivity index (χ2n) is 6.57. The number of carbonyl (C=O) groups excluding carboxylic acids is 1. The number of nitrogens with one attached hydrogen (secondary N) is 1. The van der Waals surface area contributed by atoms with E-state index in [0.717, 1.165) is 12.8 Å². The summed E-state index contributed by atoms with van der Waals surface area (Å²) >= 11 is 0. The van der Waals surface area contributed by atoms with Crippen molar-refractivity contribution in [1.82, 2.24) is 5.32 Å². The van der Waals surface area contributed by atoms with Crippen LogP contribution in [-0.2, 0) is 14.3 Å². The topological polar surface area (TPSA) is 47.6 Å². The second kappa shape index (κ2) is 9.47. The minimum atomic E-state index is -4.72. The average Bonchev–Trinajstić information content (AvgIpc) is 2.48. The maximum atomic E-state index is 12.3. The monoisotopic (exact) mass is 339 g/mol. The van der Waals surface area contributed by atoms with E-state index in [0.29, 0.717) is 12.5 Å². The van der Waals surface area contributed by atoms with Crippen molar-refractivity contribution in [2.45, 2.75) is 71.4 Å². The Morgan fingerprint density at radius 3 is 2.30 bits per heavy atom. The van der Waals surface area contributed by atoms with Crippen LogP contribution in [0.1, 0.15) is 52.9 Å². The fraction of sp³-hybridized carbons (Fsp3) is 0.938. The van der Waals surface area contributed by atoms with Gasteiger partial charge in [-0.05, 0) is 25.7 Å². The van der Waals surface area contributed by atoms with Gasteiger partial charge in [0, 0.05) is 12.5 Å². The number of carbonyl (C=O) groups is 1. The molecule has 0 radical (unpaired) electrons. The summed E-state index contributed by atoms with van der Waals surface area (Å²) in [7, 11) is 0. The van der Waals surface area contributed by atoms with Gasteiger partial charge in [0.2, 0.25) is 5.91 Å². The Bertz CT molecular complexity index is 355. The lowest BCUT2D eigenvalue weighted by Crippen LogP contribution is -2.48. The molecular weight excluding hydrogens is 311 g/mol. The Labute approximate surface area is 136 Å². The van der Waals surface area contributed by atoms with E-state index in [1.54, 1.807) is 20.8 Å². The van der Waals surface area contributed by atoms with Crippen molar-refractivity contribution < 1.29 is 27.4 Å². The Morgan fingerprint density at radius 1 is 1.17 bits per heavy atom. The smallest absolute Gasteiger partial charge is 0.376 e. The Kier molecular flexibility index (Phi) is 8.33. The van der Waals surface area contributed by atoms with Gasteiger partial charge in [0.05, 0.1) is 18.8 Å². The van der Waals surface area contributed by atoms with E-state index in [9.17, 15) is 18.0 Å². The zero-order valence-corrected chi connectivity index (χ0v) is 14.1. The molecule has 0 saturated heterocycles. The van der Waals surface area contributed by atoms with Crippen LogP contribution < -0.4 is 5.32 Å². The summed E-state index contributed by atoms with van der Waals surface area (Å²) in [4.78, 5) is 11.8. The summed E-state index contributed by atoms with van der Waals surface area (Å²) in [5.74, 6) is -0.168. The first kappa shape index (κ1) is 20.2. The molecule has 1 fully saturated rings. The Hall–Kier alpha value is -0.820. The lowest BCUT2D eigenvalue weighted by molar-refractivity contribution is -0.327. The van der Waals surface area contributed by atoms with Crippen LogP contribution >= 0.6 is 0 Å². The van der Waals surface area contributed by atoms with Gasteiger partial charge in [-0.2, -0.15) is 0 Å². The summed E-state index contributed by atoms with van der Waals surface area (Å²) in [5, 5.41) is 2.59. The van der Waals surface area contributed by atoms with Crippen LogP contribution in [0.15, 0.2) is 0 Å². The predicted octanol–water partition coefficient (Wildman–Crippen LogP) is 3.65. The van der Waals surface area contributed by atoms with E-state index >= 15 is 0 Å². The van der Waals surface area contributed by atoms with E-state index in [1.807, 2.05) is 0 Å². The number of rotatable bonds is 8. The molecule has 2 unspecified atom stereocenters. The number of alkyl halides is 3. The van der Waals surface area contributed by atoms with Crippen LogP contribution in [0.4, 0.5) is 13.2 Å². The maximum absolute atomic E-state index is 12.3. The van der Waals surface area contributed by atoms with Crippen molar-refractivity contribution in [1.29, 1.82) is 0 Å². The fourth-order valence-corrected chi connectivity index (χ4v) is 2.59. The molecule has 0 spiro atoms. The second-order valence-corrected chi connectivity index (χ2v) is 6.57. The molecule has 0 aromatic heterocycles. The van der Waals surface area contributed by atoms with Crippen molar-refractivity contribution in [3.8, 4) is 0 Å². The van der Waals surface area contributed by atoms with Gasteiger partial charge in [-0.25, -0.2) is 0 Å². The molecule has 136 valence electrons. The largest absolute Gasteiger partial charge is 0.522 e. The van der Waals surface area contributed by atoms with Crippen LogP contribution in [0.2, 0.25) is 0 Å². The highest BCUT2D eigenvalue weighted by atomic mass is 19.4. The number of ether oxygens (including phenoxy) is 2. The molecular formula is C16H28F3NO3. The molecule has 0 aromatic carbocycles.